The molecule has 1 atom stereocenters. The van der Waals surface area contributed by atoms with E-state index >= 15 is 0 Å². The van der Waals surface area contributed by atoms with E-state index in [0.717, 1.165) is 5.56 Å². The zero-order valence-electron chi connectivity index (χ0n) is 10.9. The second kappa shape index (κ2) is 5.71. The molecule has 0 aliphatic carbocycles. The first-order valence-corrected chi connectivity index (χ1v) is 5.81. The van der Waals surface area contributed by atoms with Gasteiger partial charge in [0, 0.05) is 0 Å². The molecule has 5 N–H and O–H groups in total. The average molecular weight is 266 g/mol. The third kappa shape index (κ3) is 4.26. The van der Waals surface area contributed by atoms with E-state index in [2.05, 4.69) is 5.32 Å². The lowest BCUT2D eigenvalue weighted by Crippen LogP contribution is -2.55. The van der Waals surface area contributed by atoms with Crippen LogP contribution in [0, 0.1) is 0 Å². The Morgan fingerprint density at radius 1 is 1.32 bits per heavy atom. The van der Waals surface area contributed by atoms with Gasteiger partial charge in [-0.05, 0) is 38.0 Å². The number of rotatable bonds is 5. The number of aliphatic carboxylic acids is 1. The Morgan fingerprint density at radius 2 is 1.84 bits per heavy atom. The van der Waals surface area contributed by atoms with Crippen molar-refractivity contribution in [3.63, 3.8) is 0 Å². The lowest BCUT2D eigenvalue weighted by Gasteiger charge is -2.23. The molecule has 1 unspecified atom stereocenters. The lowest BCUT2D eigenvalue weighted by atomic mass is 10.0. The number of carbonyl (C=O) groups excluding carboxylic acids is 1. The van der Waals surface area contributed by atoms with Crippen LogP contribution in [0.4, 0.5) is 0 Å². The van der Waals surface area contributed by atoms with Crippen LogP contribution in [0.5, 0.6) is 5.75 Å². The number of carbonyl (C=O) groups is 2. The molecule has 104 valence electrons. The molecule has 19 heavy (non-hydrogen) atoms. The van der Waals surface area contributed by atoms with E-state index in [1.165, 1.54) is 26.0 Å². The molecule has 6 nitrogen and oxygen atoms in total. The first-order valence-electron chi connectivity index (χ1n) is 5.81. The molecular formula is C13H18N2O4. The summed E-state index contributed by atoms with van der Waals surface area (Å²) in [6.45, 7) is 2.78. The molecule has 1 rings (SSSR count). The Hall–Kier alpha value is -2.08. The molecular weight excluding hydrogens is 248 g/mol. The van der Waals surface area contributed by atoms with Gasteiger partial charge in [0.05, 0.1) is 6.04 Å². The molecule has 1 amide bonds. The molecule has 0 bridgehead atoms. The minimum Gasteiger partial charge on any atom is -0.508 e. The maximum absolute atomic E-state index is 11.8. The van der Waals surface area contributed by atoms with Crippen LogP contribution in [0.15, 0.2) is 24.3 Å². The van der Waals surface area contributed by atoms with Gasteiger partial charge in [-0.3, -0.25) is 4.79 Å². The topological polar surface area (TPSA) is 113 Å². The summed E-state index contributed by atoms with van der Waals surface area (Å²) >= 11 is 0. The van der Waals surface area contributed by atoms with Crippen molar-refractivity contribution >= 4 is 11.9 Å². The largest absolute Gasteiger partial charge is 0.508 e. The van der Waals surface area contributed by atoms with Gasteiger partial charge in [-0.2, -0.15) is 0 Å². The molecule has 0 radical (unpaired) electrons. The van der Waals surface area contributed by atoms with Crippen molar-refractivity contribution in [2.75, 3.05) is 0 Å². The summed E-state index contributed by atoms with van der Waals surface area (Å²) < 4.78 is 0. The van der Waals surface area contributed by atoms with Gasteiger partial charge in [-0.25, -0.2) is 4.79 Å². The van der Waals surface area contributed by atoms with Crippen LogP contribution in [0.25, 0.3) is 0 Å². The van der Waals surface area contributed by atoms with E-state index in [0.29, 0.717) is 0 Å². The van der Waals surface area contributed by atoms with E-state index in [9.17, 15) is 9.59 Å². The number of hydrogen-bond acceptors (Lipinski definition) is 4. The van der Waals surface area contributed by atoms with E-state index in [1.54, 1.807) is 12.1 Å². The van der Waals surface area contributed by atoms with Gasteiger partial charge in [0.1, 0.15) is 11.3 Å². The van der Waals surface area contributed by atoms with Crippen LogP contribution in [0.2, 0.25) is 0 Å². The average Bonchev–Trinajstić information content (AvgIpc) is 2.31. The summed E-state index contributed by atoms with van der Waals surface area (Å²) in [6.07, 6.45) is 0.266. The molecule has 6 heteroatoms. The van der Waals surface area contributed by atoms with Crippen LogP contribution < -0.4 is 11.1 Å². The highest BCUT2D eigenvalue weighted by molar-refractivity contribution is 5.89. The number of hydrogen-bond donors (Lipinski definition) is 4. The van der Waals surface area contributed by atoms with E-state index < -0.39 is 23.5 Å². The van der Waals surface area contributed by atoms with Crippen LogP contribution in [-0.2, 0) is 16.0 Å². The number of nitrogens with one attached hydrogen (secondary N) is 1. The number of phenols is 1. The first-order chi connectivity index (χ1) is 8.72. The Bertz CT molecular complexity index is 468. The number of benzene rings is 1. The van der Waals surface area contributed by atoms with E-state index in [4.69, 9.17) is 15.9 Å². The van der Waals surface area contributed by atoms with Gasteiger partial charge >= 0.3 is 5.97 Å². The summed E-state index contributed by atoms with van der Waals surface area (Å²) in [6, 6.07) is 5.47. The molecule has 0 spiro atoms. The summed E-state index contributed by atoms with van der Waals surface area (Å²) in [5.74, 6) is -1.52. The number of carboxylic acids is 1. The minimum atomic E-state index is -1.36. The van der Waals surface area contributed by atoms with Gasteiger partial charge < -0.3 is 21.3 Å². The number of aromatic hydroxyl groups is 1. The van der Waals surface area contributed by atoms with Crippen LogP contribution in [0.3, 0.4) is 0 Å². The van der Waals surface area contributed by atoms with Gasteiger partial charge in [-0.1, -0.05) is 12.1 Å². The van der Waals surface area contributed by atoms with Crippen LogP contribution in [0.1, 0.15) is 19.4 Å². The Balaban J connectivity index is 2.63. The van der Waals surface area contributed by atoms with Crippen molar-refractivity contribution in [1.29, 1.82) is 0 Å². The second-order valence-corrected chi connectivity index (χ2v) is 4.90. The van der Waals surface area contributed by atoms with E-state index in [1.807, 2.05) is 0 Å². The van der Waals surface area contributed by atoms with Crippen molar-refractivity contribution in [1.82, 2.24) is 5.32 Å². The molecule has 0 saturated heterocycles. The van der Waals surface area contributed by atoms with Gasteiger partial charge in [0.2, 0.25) is 5.91 Å². The molecule has 0 aliphatic rings. The standard InChI is InChI=1S/C13H18N2O4/c1-13(2,12(18)19)15-11(17)10(14)7-8-3-5-9(16)6-4-8/h3-6,10,16H,7,14H2,1-2H3,(H,15,17)(H,18,19). The molecule has 0 aliphatic heterocycles. The zero-order valence-corrected chi connectivity index (χ0v) is 10.9. The second-order valence-electron chi connectivity index (χ2n) is 4.90. The predicted molar refractivity (Wildman–Crippen MR) is 69.6 cm³/mol. The molecule has 1 aromatic carbocycles. The molecule has 0 aromatic heterocycles. The van der Waals surface area contributed by atoms with Crippen molar-refractivity contribution in [2.24, 2.45) is 5.73 Å². The Labute approximate surface area is 111 Å². The van der Waals surface area contributed by atoms with Crippen molar-refractivity contribution < 1.29 is 19.8 Å². The number of phenolic OH excluding ortho intramolecular Hbond substituents is 1. The molecule has 0 saturated carbocycles. The Morgan fingerprint density at radius 3 is 2.32 bits per heavy atom. The van der Waals surface area contributed by atoms with Crippen molar-refractivity contribution in [2.45, 2.75) is 31.8 Å². The molecule has 0 fully saturated rings. The van der Waals surface area contributed by atoms with Crippen LogP contribution in [-0.4, -0.2) is 33.7 Å². The van der Waals surface area contributed by atoms with Gasteiger partial charge in [0.15, 0.2) is 0 Å². The highest BCUT2D eigenvalue weighted by Crippen LogP contribution is 2.11. The highest BCUT2D eigenvalue weighted by Gasteiger charge is 2.30. The maximum Gasteiger partial charge on any atom is 0.328 e. The third-order valence-corrected chi connectivity index (χ3v) is 2.70. The van der Waals surface area contributed by atoms with E-state index in [-0.39, 0.29) is 12.2 Å². The fourth-order valence-corrected chi connectivity index (χ4v) is 1.43. The maximum atomic E-state index is 11.8. The van der Waals surface area contributed by atoms with Crippen LogP contribution >= 0.6 is 0 Å². The quantitative estimate of drug-likeness (QED) is 0.610. The van der Waals surface area contributed by atoms with Crippen molar-refractivity contribution in [3.05, 3.63) is 29.8 Å². The Kier molecular flexibility index (Phi) is 4.50. The predicted octanol–water partition coefficient (Wildman–Crippen LogP) is 0.241. The minimum absolute atomic E-state index is 0.133. The number of nitrogens with two attached hydrogens (primary N) is 1. The SMILES string of the molecule is CC(C)(NC(=O)C(N)Cc1ccc(O)cc1)C(=O)O. The number of amides is 1. The smallest absolute Gasteiger partial charge is 0.328 e. The summed E-state index contributed by atoms with van der Waals surface area (Å²) in [4.78, 5) is 22.7. The monoisotopic (exact) mass is 266 g/mol. The van der Waals surface area contributed by atoms with Gasteiger partial charge in [-0.15, -0.1) is 0 Å². The fourth-order valence-electron chi connectivity index (χ4n) is 1.43. The highest BCUT2D eigenvalue weighted by atomic mass is 16.4. The lowest BCUT2D eigenvalue weighted by molar-refractivity contribution is -0.146. The third-order valence-electron chi connectivity index (χ3n) is 2.70. The summed E-state index contributed by atoms with van der Waals surface area (Å²) in [5, 5.41) is 20.4. The first kappa shape index (κ1) is 15.0. The van der Waals surface area contributed by atoms with Crippen molar-refractivity contribution in [3.8, 4) is 5.75 Å². The van der Waals surface area contributed by atoms with Gasteiger partial charge in [0.25, 0.3) is 0 Å². The number of carboxylic acid groups (broad SMARTS) is 1. The molecule has 1 aromatic rings. The summed E-state index contributed by atoms with van der Waals surface area (Å²) in [7, 11) is 0. The fraction of sp³-hybridized carbons (Fsp3) is 0.385. The summed E-state index contributed by atoms with van der Waals surface area (Å²) in [5.41, 5.74) is 5.16. The molecule has 0 heterocycles. The normalized spacial score (nSPS) is 12.8. The zero-order chi connectivity index (χ0) is 14.6.